The Kier molecular flexibility index (Phi) is 6.83. The van der Waals surface area contributed by atoms with E-state index >= 15 is 0 Å². The summed E-state index contributed by atoms with van der Waals surface area (Å²) < 4.78 is 20.2. The first-order valence-electron chi connectivity index (χ1n) is 12.2. The molecule has 2 aliphatic rings. The Morgan fingerprint density at radius 3 is 2.66 bits per heavy atom. The molecule has 1 unspecified atom stereocenters. The predicted molar refractivity (Wildman–Crippen MR) is 131 cm³/mol. The minimum absolute atomic E-state index is 0.0324. The van der Waals surface area contributed by atoms with Gasteiger partial charge >= 0.3 is 0 Å². The molecule has 0 bridgehead atoms. The van der Waals surface area contributed by atoms with Crippen molar-refractivity contribution in [2.24, 2.45) is 0 Å². The highest BCUT2D eigenvalue weighted by Gasteiger charge is 2.24. The van der Waals surface area contributed by atoms with Crippen LogP contribution in [-0.4, -0.2) is 62.8 Å². The molecule has 182 valence electrons. The van der Waals surface area contributed by atoms with E-state index in [0.717, 1.165) is 68.6 Å². The number of ketones is 1. The van der Waals surface area contributed by atoms with E-state index in [1.54, 1.807) is 16.9 Å². The number of morpholine rings is 1. The van der Waals surface area contributed by atoms with Gasteiger partial charge in [0.1, 0.15) is 5.82 Å². The Morgan fingerprint density at radius 2 is 1.97 bits per heavy atom. The Bertz CT molecular complexity index is 1240. The van der Waals surface area contributed by atoms with E-state index < -0.39 is 5.82 Å². The second-order valence-electron chi connectivity index (χ2n) is 9.31. The van der Waals surface area contributed by atoms with E-state index in [1.807, 2.05) is 13.1 Å². The standard InChI is InChI=1S/C27H30FN5O2/c1-18-13-20(14-25(34)24-17-31-33(19(24)2)26-8-5-22(28)16-29-26)15-30-27(18)21-3-6-23(7-4-21)32-9-11-35-12-10-32/h3,5,8,13,15-17,23H,4,6-7,9-12,14H2,1-2H3. The van der Waals surface area contributed by atoms with E-state index in [-0.39, 0.29) is 12.2 Å². The fourth-order valence-corrected chi connectivity index (χ4v) is 5.06. The highest BCUT2D eigenvalue weighted by atomic mass is 19.1. The second kappa shape index (κ2) is 10.2. The number of aromatic nitrogens is 4. The number of aryl methyl sites for hydroxylation is 1. The molecule has 35 heavy (non-hydrogen) atoms. The summed E-state index contributed by atoms with van der Waals surface area (Å²) in [6.07, 6.45) is 10.3. The number of carbonyl (C=O) groups excluding carboxylic acids is 1. The van der Waals surface area contributed by atoms with Crippen molar-refractivity contribution in [3.63, 3.8) is 0 Å². The highest BCUT2D eigenvalue weighted by Crippen LogP contribution is 2.30. The Labute approximate surface area is 204 Å². The van der Waals surface area contributed by atoms with Crippen molar-refractivity contribution in [1.82, 2.24) is 24.6 Å². The van der Waals surface area contributed by atoms with Crippen molar-refractivity contribution >= 4 is 11.4 Å². The summed E-state index contributed by atoms with van der Waals surface area (Å²) in [4.78, 5) is 24.4. The van der Waals surface area contributed by atoms with Gasteiger partial charge < -0.3 is 4.74 Å². The topological polar surface area (TPSA) is 73.1 Å². The van der Waals surface area contributed by atoms with Crippen LogP contribution in [0.2, 0.25) is 0 Å². The zero-order valence-corrected chi connectivity index (χ0v) is 20.2. The molecule has 0 aromatic carbocycles. The third-order valence-corrected chi connectivity index (χ3v) is 6.99. The quantitative estimate of drug-likeness (QED) is 0.500. The molecule has 1 fully saturated rings. The summed E-state index contributed by atoms with van der Waals surface area (Å²) >= 11 is 0. The van der Waals surface area contributed by atoms with Crippen molar-refractivity contribution in [3.8, 4) is 5.82 Å². The third kappa shape index (κ3) is 5.09. The maximum absolute atomic E-state index is 13.2. The minimum Gasteiger partial charge on any atom is -0.379 e. The van der Waals surface area contributed by atoms with E-state index in [0.29, 0.717) is 23.1 Å². The summed E-state index contributed by atoms with van der Waals surface area (Å²) in [6.45, 7) is 7.58. The van der Waals surface area contributed by atoms with Crippen LogP contribution in [0.4, 0.5) is 4.39 Å². The van der Waals surface area contributed by atoms with Crippen LogP contribution < -0.4 is 0 Å². The first kappa shape index (κ1) is 23.5. The fourth-order valence-electron chi connectivity index (χ4n) is 5.06. The smallest absolute Gasteiger partial charge is 0.170 e. The summed E-state index contributed by atoms with van der Waals surface area (Å²) in [7, 11) is 0. The largest absolute Gasteiger partial charge is 0.379 e. The zero-order chi connectivity index (χ0) is 24.4. The van der Waals surface area contributed by atoms with Crippen LogP contribution >= 0.6 is 0 Å². The molecule has 0 spiro atoms. The first-order valence-corrected chi connectivity index (χ1v) is 12.2. The molecule has 3 aromatic heterocycles. The van der Waals surface area contributed by atoms with Crippen LogP contribution in [-0.2, 0) is 11.2 Å². The molecule has 7 nitrogen and oxygen atoms in total. The average molecular weight is 476 g/mol. The van der Waals surface area contributed by atoms with E-state index in [1.165, 1.54) is 11.6 Å². The van der Waals surface area contributed by atoms with Crippen LogP contribution in [0.15, 0.2) is 42.9 Å². The SMILES string of the molecule is Cc1cc(CC(=O)c2cnn(-c3ccc(F)cn3)c2C)cnc1C1=CCC(N2CCOCC2)CC1. The summed E-state index contributed by atoms with van der Waals surface area (Å²) in [5.41, 5.74) is 5.52. The van der Waals surface area contributed by atoms with Gasteiger partial charge in [-0.15, -0.1) is 0 Å². The molecule has 0 amide bonds. The van der Waals surface area contributed by atoms with Gasteiger partial charge in [0.2, 0.25) is 0 Å². The Hall–Kier alpha value is -3.23. The van der Waals surface area contributed by atoms with Gasteiger partial charge in [0, 0.05) is 31.7 Å². The number of halogens is 1. The molecule has 5 rings (SSSR count). The first-order chi connectivity index (χ1) is 17.0. The number of hydrogen-bond acceptors (Lipinski definition) is 6. The maximum Gasteiger partial charge on any atom is 0.170 e. The van der Waals surface area contributed by atoms with Crippen molar-refractivity contribution in [1.29, 1.82) is 0 Å². The van der Waals surface area contributed by atoms with Crippen molar-refractivity contribution in [2.45, 2.75) is 45.6 Å². The van der Waals surface area contributed by atoms with Gasteiger partial charge in [0.25, 0.3) is 0 Å². The van der Waals surface area contributed by atoms with E-state index in [2.05, 4.69) is 34.0 Å². The molecule has 8 heteroatoms. The number of hydrogen-bond donors (Lipinski definition) is 0. The van der Waals surface area contributed by atoms with Crippen LogP contribution in [0.25, 0.3) is 11.4 Å². The second-order valence-corrected chi connectivity index (χ2v) is 9.31. The van der Waals surface area contributed by atoms with E-state index in [4.69, 9.17) is 9.72 Å². The lowest BCUT2D eigenvalue weighted by atomic mass is 9.90. The molecular weight excluding hydrogens is 445 g/mol. The van der Waals surface area contributed by atoms with E-state index in [9.17, 15) is 9.18 Å². The number of carbonyl (C=O) groups is 1. The van der Waals surface area contributed by atoms with Gasteiger partial charge in [-0.05, 0) is 61.9 Å². The summed E-state index contributed by atoms with van der Waals surface area (Å²) in [5, 5.41) is 4.29. The van der Waals surface area contributed by atoms with Crippen LogP contribution in [0.1, 0.15) is 52.1 Å². The fraction of sp³-hybridized carbons (Fsp3) is 0.407. The third-order valence-electron chi connectivity index (χ3n) is 6.99. The number of Topliss-reactive ketones (excluding diaryl/α,β-unsaturated/α-hetero) is 1. The monoisotopic (exact) mass is 475 g/mol. The number of pyridine rings is 2. The minimum atomic E-state index is -0.415. The van der Waals surface area contributed by atoms with Crippen molar-refractivity contribution in [2.75, 3.05) is 26.3 Å². The van der Waals surface area contributed by atoms with Gasteiger partial charge in [0.15, 0.2) is 11.6 Å². The van der Waals surface area contributed by atoms with Gasteiger partial charge in [0.05, 0.1) is 42.6 Å². The number of ether oxygens (including phenoxy) is 1. The van der Waals surface area contributed by atoms with Crippen LogP contribution in [0.3, 0.4) is 0 Å². The molecule has 1 saturated heterocycles. The number of allylic oxidation sites excluding steroid dienone is 1. The molecule has 0 N–H and O–H groups in total. The van der Waals surface area contributed by atoms with Crippen molar-refractivity contribution < 1.29 is 13.9 Å². The summed E-state index contributed by atoms with van der Waals surface area (Å²) in [6, 6.07) is 5.52. The molecule has 0 radical (unpaired) electrons. The Morgan fingerprint density at radius 1 is 1.14 bits per heavy atom. The molecule has 0 saturated carbocycles. The predicted octanol–water partition coefficient (Wildman–Crippen LogP) is 4.11. The molecular formula is C27H30FN5O2. The zero-order valence-electron chi connectivity index (χ0n) is 20.2. The molecule has 1 aliphatic heterocycles. The number of nitrogens with zero attached hydrogens (tertiary/aromatic N) is 5. The van der Waals surface area contributed by atoms with Gasteiger partial charge in [-0.3, -0.25) is 14.7 Å². The van der Waals surface area contributed by atoms with Crippen LogP contribution in [0.5, 0.6) is 0 Å². The van der Waals surface area contributed by atoms with Crippen LogP contribution in [0, 0.1) is 19.7 Å². The average Bonchev–Trinajstić information content (AvgIpc) is 3.27. The summed E-state index contributed by atoms with van der Waals surface area (Å²) in [5.74, 6) is 0.0264. The lowest BCUT2D eigenvalue weighted by Gasteiger charge is -2.36. The highest BCUT2D eigenvalue weighted by molar-refractivity contribution is 5.98. The normalized spacial score (nSPS) is 18.9. The Balaban J connectivity index is 1.26. The van der Waals surface area contributed by atoms with Gasteiger partial charge in [-0.2, -0.15) is 5.10 Å². The number of rotatable bonds is 6. The lowest BCUT2D eigenvalue weighted by molar-refractivity contribution is 0.0150. The molecule has 1 atom stereocenters. The molecule has 3 aromatic rings. The molecule has 4 heterocycles. The van der Waals surface area contributed by atoms with Gasteiger partial charge in [-0.1, -0.05) is 12.1 Å². The van der Waals surface area contributed by atoms with Gasteiger partial charge in [-0.25, -0.2) is 14.1 Å². The van der Waals surface area contributed by atoms with Crippen molar-refractivity contribution in [3.05, 3.63) is 76.8 Å². The maximum atomic E-state index is 13.2. The molecule has 1 aliphatic carbocycles. The lowest BCUT2D eigenvalue weighted by Crippen LogP contribution is -2.43.